The van der Waals surface area contributed by atoms with Crippen LogP contribution in [0.3, 0.4) is 0 Å². The molecule has 0 N–H and O–H groups in total. The van der Waals surface area contributed by atoms with Gasteiger partial charge in [0, 0.05) is 12.4 Å². The minimum atomic E-state index is 0.635. The van der Waals surface area contributed by atoms with E-state index in [-0.39, 0.29) is 0 Å². The second-order valence-electron chi connectivity index (χ2n) is 1.98. The lowest BCUT2D eigenvalue weighted by atomic mass is 10.5. The van der Waals surface area contributed by atoms with Crippen LogP contribution >= 0.6 is 24.0 Å². The molecule has 0 aliphatic carbocycles. The van der Waals surface area contributed by atoms with Crippen molar-refractivity contribution >= 4 is 24.0 Å². The van der Waals surface area contributed by atoms with Crippen LogP contribution in [0.5, 0.6) is 0 Å². The van der Waals surface area contributed by atoms with Crippen LogP contribution in [-0.2, 0) is 0 Å². The van der Waals surface area contributed by atoms with Gasteiger partial charge in [0.1, 0.15) is 5.69 Å². The molecule has 0 spiro atoms. The van der Waals surface area contributed by atoms with E-state index >= 15 is 0 Å². The van der Waals surface area contributed by atoms with E-state index in [9.17, 15) is 0 Å². The standard InChI is InChI=1S/C6H4N4S2/c11-6-10-9-5(12-6)4-3-7-1-2-8-4/h1-3H,(H,10,11). The van der Waals surface area contributed by atoms with Crippen LogP contribution in [0.4, 0.5) is 0 Å². The topological polar surface area (TPSA) is 51.6 Å². The second kappa shape index (κ2) is 3.16. The van der Waals surface area contributed by atoms with Crippen molar-refractivity contribution in [2.75, 3.05) is 0 Å². The molecule has 0 unspecified atom stereocenters. The van der Waals surface area contributed by atoms with Crippen LogP contribution in [0.25, 0.3) is 10.7 Å². The van der Waals surface area contributed by atoms with Crippen molar-refractivity contribution in [2.45, 2.75) is 4.34 Å². The molecule has 0 atom stereocenters. The van der Waals surface area contributed by atoms with E-state index in [1.807, 2.05) is 0 Å². The number of hydrogen-bond donors (Lipinski definition) is 1. The van der Waals surface area contributed by atoms with Crippen molar-refractivity contribution in [1.82, 2.24) is 20.2 Å². The summed E-state index contributed by atoms with van der Waals surface area (Å²) in [5.74, 6) is 0. The molecule has 0 aliphatic heterocycles. The summed E-state index contributed by atoms with van der Waals surface area (Å²) in [4.78, 5) is 8.00. The lowest BCUT2D eigenvalue weighted by Crippen LogP contribution is -1.82. The van der Waals surface area contributed by atoms with Gasteiger partial charge in [0.2, 0.25) is 0 Å². The summed E-state index contributed by atoms with van der Waals surface area (Å²) in [6, 6.07) is 0. The van der Waals surface area contributed by atoms with Gasteiger partial charge in [0.25, 0.3) is 0 Å². The molecule has 0 bridgehead atoms. The van der Waals surface area contributed by atoms with E-state index in [1.54, 1.807) is 18.6 Å². The van der Waals surface area contributed by atoms with Gasteiger partial charge in [-0.2, -0.15) is 0 Å². The molecule has 0 aliphatic rings. The van der Waals surface area contributed by atoms with Crippen LogP contribution in [0.1, 0.15) is 0 Å². The van der Waals surface area contributed by atoms with Gasteiger partial charge >= 0.3 is 0 Å². The van der Waals surface area contributed by atoms with Crippen molar-refractivity contribution < 1.29 is 0 Å². The molecule has 0 saturated heterocycles. The van der Waals surface area contributed by atoms with Gasteiger partial charge in [0.15, 0.2) is 9.35 Å². The van der Waals surface area contributed by atoms with E-state index in [0.29, 0.717) is 4.34 Å². The molecule has 2 rings (SSSR count). The quantitative estimate of drug-likeness (QED) is 0.698. The Bertz CT molecular complexity index is 372. The molecule has 2 heterocycles. The first-order valence-corrected chi connectivity index (χ1v) is 4.41. The van der Waals surface area contributed by atoms with Gasteiger partial charge in [-0.05, 0) is 0 Å². The van der Waals surface area contributed by atoms with Gasteiger partial charge in [-0.1, -0.05) is 11.3 Å². The molecule has 0 amide bonds. The summed E-state index contributed by atoms with van der Waals surface area (Å²) in [5, 5.41) is 8.38. The Labute approximate surface area is 78.1 Å². The minimum absolute atomic E-state index is 0.635. The van der Waals surface area contributed by atoms with Crippen molar-refractivity contribution in [3.05, 3.63) is 18.6 Å². The Morgan fingerprint density at radius 3 is 2.75 bits per heavy atom. The maximum Gasteiger partial charge on any atom is 0.171 e. The zero-order valence-corrected chi connectivity index (χ0v) is 7.59. The zero-order valence-electron chi connectivity index (χ0n) is 5.88. The van der Waals surface area contributed by atoms with Crippen LogP contribution < -0.4 is 0 Å². The summed E-state index contributed by atoms with van der Waals surface area (Å²) in [6.45, 7) is 0. The highest BCUT2D eigenvalue weighted by Gasteiger charge is 2.04. The third kappa shape index (κ3) is 1.44. The first kappa shape index (κ1) is 7.63. The van der Waals surface area contributed by atoms with Crippen LogP contribution in [0.2, 0.25) is 0 Å². The molecule has 0 saturated carbocycles. The fraction of sp³-hybridized carbons (Fsp3) is 0. The van der Waals surface area contributed by atoms with Crippen LogP contribution in [0, 0.1) is 0 Å². The van der Waals surface area contributed by atoms with E-state index < -0.39 is 0 Å². The molecule has 60 valence electrons. The normalized spacial score (nSPS) is 10.1. The lowest BCUT2D eigenvalue weighted by Gasteiger charge is -1.89. The highest BCUT2D eigenvalue weighted by atomic mass is 32.2. The summed E-state index contributed by atoms with van der Waals surface area (Å²) in [6.07, 6.45) is 4.88. The van der Waals surface area contributed by atoms with Gasteiger partial charge in [-0.3, -0.25) is 9.97 Å². The lowest BCUT2D eigenvalue weighted by molar-refractivity contribution is 1.01. The maximum atomic E-state index is 4.07. The monoisotopic (exact) mass is 196 g/mol. The van der Waals surface area contributed by atoms with Crippen LogP contribution in [0.15, 0.2) is 22.9 Å². The zero-order chi connectivity index (χ0) is 8.39. The highest BCUT2D eigenvalue weighted by molar-refractivity contribution is 7.82. The van der Waals surface area contributed by atoms with E-state index in [0.717, 1.165) is 10.7 Å². The average Bonchev–Trinajstić information content (AvgIpc) is 2.54. The Kier molecular flexibility index (Phi) is 2.01. The Hall–Kier alpha value is -1.01. The summed E-state index contributed by atoms with van der Waals surface area (Å²) < 4.78 is 0.635. The molecule has 6 heteroatoms. The van der Waals surface area contributed by atoms with Gasteiger partial charge in [-0.25, -0.2) is 0 Å². The molecule has 2 aromatic heterocycles. The number of rotatable bonds is 1. The summed E-state index contributed by atoms with van der Waals surface area (Å²) in [7, 11) is 0. The number of thiol groups is 1. The smallest absolute Gasteiger partial charge is 0.171 e. The molecule has 4 nitrogen and oxygen atoms in total. The minimum Gasteiger partial charge on any atom is -0.261 e. The largest absolute Gasteiger partial charge is 0.261 e. The van der Waals surface area contributed by atoms with Crippen molar-refractivity contribution in [3.63, 3.8) is 0 Å². The summed E-state index contributed by atoms with van der Waals surface area (Å²) in [5.41, 5.74) is 0.732. The molecule has 2 aromatic rings. The third-order valence-corrected chi connectivity index (χ3v) is 2.31. The predicted molar refractivity (Wildman–Crippen MR) is 48.2 cm³/mol. The van der Waals surface area contributed by atoms with E-state index in [2.05, 4.69) is 32.8 Å². The third-order valence-electron chi connectivity index (χ3n) is 1.20. The van der Waals surface area contributed by atoms with Gasteiger partial charge in [0.05, 0.1) is 6.20 Å². The molecule has 12 heavy (non-hydrogen) atoms. The Balaban J connectivity index is 2.45. The molecule has 0 fully saturated rings. The number of aromatic nitrogens is 4. The Morgan fingerprint density at radius 1 is 1.25 bits per heavy atom. The fourth-order valence-corrected chi connectivity index (χ4v) is 1.58. The first-order chi connectivity index (χ1) is 5.86. The molecule has 0 aromatic carbocycles. The second-order valence-corrected chi connectivity index (χ2v) is 3.68. The first-order valence-electron chi connectivity index (χ1n) is 3.15. The van der Waals surface area contributed by atoms with Gasteiger partial charge < -0.3 is 0 Å². The number of hydrogen-bond acceptors (Lipinski definition) is 6. The van der Waals surface area contributed by atoms with Crippen LogP contribution in [-0.4, -0.2) is 20.2 Å². The maximum absolute atomic E-state index is 4.07. The van der Waals surface area contributed by atoms with Crippen molar-refractivity contribution in [2.24, 2.45) is 0 Å². The highest BCUT2D eigenvalue weighted by Crippen LogP contribution is 2.21. The Morgan fingerprint density at radius 2 is 2.17 bits per heavy atom. The molecule has 0 radical (unpaired) electrons. The van der Waals surface area contributed by atoms with Crippen molar-refractivity contribution in [3.8, 4) is 10.7 Å². The molecular weight excluding hydrogens is 192 g/mol. The van der Waals surface area contributed by atoms with Crippen molar-refractivity contribution in [1.29, 1.82) is 0 Å². The fourth-order valence-electron chi connectivity index (χ4n) is 0.729. The number of nitrogens with zero attached hydrogens (tertiary/aromatic N) is 4. The average molecular weight is 196 g/mol. The summed E-state index contributed by atoms with van der Waals surface area (Å²) >= 11 is 5.43. The van der Waals surface area contributed by atoms with Gasteiger partial charge in [-0.15, -0.1) is 22.8 Å². The molecular formula is C6H4N4S2. The van der Waals surface area contributed by atoms with E-state index in [1.165, 1.54) is 11.3 Å². The SMILES string of the molecule is Sc1nnc(-c2cnccn2)s1. The predicted octanol–water partition coefficient (Wildman–Crippen LogP) is 1.28. The van der Waals surface area contributed by atoms with E-state index in [4.69, 9.17) is 0 Å².